The van der Waals surface area contributed by atoms with Gasteiger partial charge in [0.15, 0.2) is 0 Å². The number of hydrogen-bond acceptors (Lipinski definition) is 5. The number of fused-ring (bicyclic) bond motifs is 1. The van der Waals surface area contributed by atoms with E-state index in [1.54, 1.807) is 0 Å². The van der Waals surface area contributed by atoms with Gasteiger partial charge in [-0.25, -0.2) is 0 Å². The molecule has 3 aliphatic heterocycles. The number of carbonyl (C=O) groups is 2. The van der Waals surface area contributed by atoms with Crippen LogP contribution in [0.3, 0.4) is 0 Å². The standard InChI is InChI=1S/C21H30N4O3/c1-17-14-18-4-2-3-5-19(18)25(17)16-21(27)23-8-6-22(7-9-23)15-20(26)24-10-12-28-13-11-24/h2-5,17H,6-16H2,1H3/t17-/m1/s1. The molecule has 28 heavy (non-hydrogen) atoms. The van der Waals surface area contributed by atoms with Gasteiger partial charge in [-0.1, -0.05) is 18.2 Å². The highest BCUT2D eigenvalue weighted by atomic mass is 16.5. The first-order valence-electron chi connectivity index (χ1n) is 10.3. The van der Waals surface area contributed by atoms with Gasteiger partial charge < -0.3 is 19.4 Å². The first kappa shape index (κ1) is 19.2. The molecule has 3 heterocycles. The van der Waals surface area contributed by atoms with Gasteiger partial charge in [-0.05, 0) is 25.0 Å². The second kappa shape index (κ2) is 8.49. The van der Waals surface area contributed by atoms with Crippen LogP contribution in [-0.4, -0.2) is 98.1 Å². The van der Waals surface area contributed by atoms with Gasteiger partial charge in [0, 0.05) is 51.0 Å². The number of nitrogens with zero attached hydrogens (tertiary/aromatic N) is 4. The van der Waals surface area contributed by atoms with E-state index in [0.29, 0.717) is 58.5 Å². The quantitative estimate of drug-likeness (QED) is 0.752. The molecule has 0 saturated carbocycles. The lowest BCUT2D eigenvalue weighted by Crippen LogP contribution is -2.54. The molecule has 0 radical (unpaired) electrons. The Morgan fingerprint density at radius 1 is 0.929 bits per heavy atom. The highest BCUT2D eigenvalue weighted by Gasteiger charge is 2.30. The van der Waals surface area contributed by atoms with Crippen molar-refractivity contribution in [3.8, 4) is 0 Å². The van der Waals surface area contributed by atoms with Crippen LogP contribution in [0.4, 0.5) is 5.69 Å². The fourth-order valence-corrected chi connectivity index (χ4v) is 4.38. The van der Waals surface area contributed by atoms with E-state index in [4.69, 9.17) is 4.74 Å². The fourth-order valence-electron chi connectivity index (χ4n) is 4.38. The Balaban J connectivity index is 1.26. The molecule has 7 nitrogen and oxygen atoms in total. The second-order valence-electron chi connectivity index (χ2n) is 7.96. The van der Waals surface area contributed by atoms with Crippen LogP contribution in [0.5, 0.6) is 0 Å². The summed E-state index contributed by atoms with van der Waals surface area (Å²) in [5.74, 6) is 0.355. The number of amides is 2. The third-order valence-electron chi connectivity index (χ3n) is 6.10. The van der Waals surface area contributed by atoms with E-state index in [9.17, 15) is 9.59 Å². The third-order valence-corrected chi connectivity index (χ3v) is 6.10. The van der Waals surface area contributed by atoms with Gasteiger partial charge in [0.2, 0.25) is 11.8 Å². The molecule has 4 rings (SSSR count). The molecule has 152 valence electrons. The van der Waals surface area contributed by atoms with E-state index in [0.717, 1.165) is 19.5 Å². The molecule has 3 aliphatic rings. The Kier molecular flexibility index (Phi) is 5.82. The van der Waals surface area contributed by atoms with E-state index in [-0.39, 0.29) is 11.8 Å². The van der Waals surface area contributed by atoms with Crippen LogP contribution >= 0.6 is 0 Å². The number of ether oxygens (including phenoxy) is 1. The normalized spacial score (nSPS) is 23.0. The molecule has 2 amide bonds. The lowest BCUT2D eigenvalue weighted by molar-refractivity contribution is -0.137. The first-order chi connectivity index (χ1) is 13.6. The molecule has 0 spiro atoms. The minimum atomic E-state index is 0.172. The summed E-state index contributed by atoms with van der Waals surface area (Å²) in [6, 6.07) is 8.73. The number of anilines is 1. The molecule has 2 saturated heterocycles. The third kappa shape index (κ3) is 4.15. The topological polar surface area (TPSA) is 56.3 Å². The van der Waals surface area contributed by atoms with Crippen LogP contribution in [0, 0.1) is 0 Å². The minimum Gasteiger partial charge on any atom is -0.378 e. The van der Waals surface area contributed by atoms with Gasteiger partial charge in [0.25, 0.3) is 0 Å². The summed E-state index contributed by atoms with van der Waals surface area (Å²) >= 11 is 0. The number of benzene rings is 1. The second-order valence-corrected chi connectivity index (χ2v) is 7.96. The highest BCUT2D eigenvalue weighted by Crippen LogP contribution is 2.31. The van der Waals surface area contributed by atoms with Crippen LogP contribution in [-0.2, 0) is 20.7 Å². The molecule has 1 aromatic carbocycles. The molecule has 0 aliphatic carbocycles. The SMILES string of the molecule is C[C@@H]1Cc2ccccc2N1CC(=O)N1CCN(CC(=O)N2CCOCC2)CC1. The largest absolute Gasteiger partial charge is 0.378 e. The van der Waals surface area contributed by atoms with Gasteiger partial charge in [-0.2, -0.15) is 0 Å². The average Bonchev–Trinajstić information content (AvgIpc) is 3.04. The van der Waals surface area contributed by atoms with Crippen molar-refractivity contribution in [3.05, 3.63) is 29.8 Å². The summed E-state index contributed by atoms with van der Waals surface area (Å²) < 4.78 is 5.31. The predicted molar refractivity (Wildman–Crippen MR) is 107 cm³/mol. The number of hydrogen-bond donors (Lipinski definition) is 0. The fraction of sp³-hybridized carbons (Fsp3) is 0.619. The monoisotopic (exact) mass is 386 g/mol. The van der Waals surface area contributed by atoms with E-state index >= 15 is 0 Å². The lowest BCUT2D eigenvalue weighted by Gasteiger charge is -2.37. The molecule has 2 fully saturated rings. The molecular formula is C21H30N4O3. The van der Waals surface area contributed by atoms with Crippen LogP contribution in [0.1, 0.15) is 12.5 Å². The maximum absolute atomic E-state index is 12.9. The molecule has 1 atom stereocenters. The molecule has 7 heteroatoms. The number of morpholine rings is 1. The zero-order valence-electron chi connectivity index (χ0n) is 16.7. The Labute approximate surface area is 166 Å². The van der Waals surface area contributed by atoms with Crippen LogP contribution < -0.4 is 4.90 Å². The van der Waals surface area contributed by atoms with Crippen molar-refractivity contribution in [3.63, 3.8) is 0 Å². The van der Waals surface area contributed by atoms with Crippen molar-refractivity contribution in [1.82, 2.24) is 14.7 Å². The average molecular weight is 386 g/mol. The van der Waals surface area contributed by atoms with Crippen molar-refractivity contribution < 1.29 is 14.3 Å². The predicted octanol–water partition coefficient (Wildman–Crippen LogP) is 0.441. The molecule has 0 aromatic heterocycles. The highest BCUT2D eigenvalue weighted by molar-refractivity contribution is 5.83. The van der Waals surface area contributed by atoms with Crippen molar-refractivity contribution in [2.45, 2.75) is 19.4 Å². The summed E-state index contributed by atoms with van der Waals surface area (Å²) in [6.07, 6.45) is 1.00. The van der Waals surface area contributed by atoms with Crippen molar-refractivity contribution >= 4 is 17.5 Å². The molecule has 1 aromatic rings. The Bertz CT molecular complexity index is 711. The maximum Gasteiger partial charge on any atom is 0.242 e. The number of rotatable bonds is 4. The number of piperazine rings is 1. The van der Waals surface area contributed by atoms with Crippen LogP contribution in [0.2, 0.25) is 0 Å². The van der Waals surface area contributed by atoms with Crippen molar-refractivity contribution in [1.29, 1.82) is 0 Å². The van der Waals surface area contributed by atoms with Gasteiger partial charge in [-0.3, -0.25) is 14.5 Å². The summed E-state index contributed by atoms with van der Waals surface area (Å²) in [5, 5.41) is 0. The van der Waals surface area contributed by atoms with Gasteiger partial charge >= 0.3 is 0 Å². The smallest absolute Gasteiger partial charge is 0.242 e. The molecular weight excluding hydrogens is 356 g/mol. The Morgan fingerprint density at radius 2 is 1.57 bits per heavy atom. The Morgan fingerprint density at radius 3 is 2.32 bits per heavy atom. The van der Waals surface area contributed by atoms with Crippen LogP contribution in [0.25, 0.3) is 0 Å². The summed E-state index contributed by atoms with van der Waals surface area (Å²) in [4.78, 5) is 33.5. The molecule has 0 bridgehead atoms. The van der Waals surface area contributed by atoms with E-state index < -0.39 is 0 Å². The summed E-state index contributed by atoms with van der Waals surface area (Å²) in [6.45, 7) is 8.60. The summed E-state index contributed by atoms with van der Waals surface area (Å²) in [7, 11) is 0. The maximum atomic E-state index is 12.9. The summed E-state index contributed by atoms with van der Waals surface area (Å²) in [5.41, 5.74) is 2.52. The number of para-hydroxylation sites is 1. The van der Waals surface area contributed by atoms with E-state index in [1.807, 2.05) is 15.9 Å². The molecule has 0 unspecified atom stereocenters. The van der Waals surface area contributed by atoms with Gasteiger partial charge in [-0.15, -0.1) is 0 Å². The Hall–Kier alpha value is -2.12. The lowest BCUT2D eigenvalue weighted by atomic mass is 10.1. The van der Waals surface area contributed by atoms with Crippen molar-refractivity contribution in [2.75, 3.05) is 70.5 Å². The first-order valence-corrected chi connectivity index (χ1v) is 10.3. The van der Waals surface area contributed by atoms with Gasteiger partial charge in [0.05, 0.1) is 26.3 Å². The van der Waals surface area contributed by atoms with E-state index in [2.05, 4.69) is 34.9 Å². The van der Waals surface area contributed by atoms with Gasteiger partial charge in [0.1, 0.15) is 0 Å². The van der Waals surface area contributed by atoms with Crippen LogP contribution in [0.15, 0.2) is 24.3 Å². The molecule has 0 N–H and O–H groups in total. The minimum absolute atomic E-state index is 0.172. The zero-order chi connectivity index (χ0) is 19.5. The number of carbonyl (C=O) groups excluding carboxylic acids is 2. The zero-order valence-corrected chi connectivity index (χ0v) is 16.7. The van der Waals surface area contributed by atoms with E-state index in [1.165, 1.54) is 11.3 Å². The van der Waals surface area contributed by atoms with Crippen molar-refractivity contribution in [2.24, 2.45) is 0 Å².